The number of aryl methyl sites for hydroxylation is 1. The van der Waals surface area contributed by atoms with Gasteiger partial charge in [-0.2, -0.15) is 0 Å². The molecule has 8 heteroatoms. The second-order valence-electron chi connectivity index (χ2n) is 7.84. The van der Waals surface area contributed by atoms with Gasteiger partial charge in [0.15, 0.2) is 6.10 Å². The predicted octanol–water partition coefficient (Wildman–Crippen LogP) is 4.07. The molecule has 3 aromatic carbocycles. The lowest BCUT2D eigenvalue weighted by Gasteiger charge is -2.20. The number of hydrogen-bond donors (Lipinski definition) is 1. The first-order valence-electron chi connectivity index (χ1n) is 10.9. The van der Waals surface area contributed by atoms with Crippen molar-refractivity contribution in [2.45, 2.75) is 37.8 Å². The average Bonchev–Trinajstić information content (AvgIpc) is 2.86. The highest BCUT2D eigenvalue weighted by molar-refractivity contribution is 7.92. The summed E-state index contributed by atoms with van der Waals surface area (Å²) in [7, 11) is -2.45. The molecule has 0 spiro atoms. The van der Waals surface area contributed by atoms with Gasteiger partial charge in [0.2, 0.25) is 0 Å². The highest BCUT2D eigenvalue weighted by Crippen LogP contribution is 2.23. The number of benzene rings is 3. The van der Waals surface area contributed by atoms with Crippen molar-refractivity contribution < 1.29 is 22.7 Å². The number of nitrogens with zero attached hydrogens (tertiary/aromatic N) is 1. The number of esters is 1. The lowest BCUT2D eigenvalue weighted by Crippen LogP contribution is -2.37. The van der Waals surface area contributed by atoms with Crippen LogP contribution < -0.4 is 9.62 Å². The van der Waals surface area contributed by atoms with E-state index in [-0.39, 0.29) is 16.9 Å². The molecular formula is C26H28N2O5S. The van der Waals surface area contributed by atoms with Crippen LogP contribution in [0.15, 0.2) is 83.8 Å². The summed E-state index contributed by atoms with van der Waals surface area (Å²) < 4.78 is 32.8. The molecule has 0 heterocycles. The molecular weight excluding hydrogens is 452 g/mol. The molecule has 0 aromatic heterocycles. The summed E-state index contributed by atoms with van der Waals surface area (Å²) >= 11 is 0. The highest BCUT2D eigenvalue weighted by atomic mass is 32.2. The summed E-state index contributed by atoms with van der Waals surface area (Å²) in [6, 6.07) is 22.1. The van der Waals surface area contributed by atoms with Gasteiger partial charge in [-0.1, -0.05) is 61.0 Å². The van der Waals surface area contributed by atoms with Gasteiger partial charge in [-0.05, 0) is 49.2 Å². The minimum absolute atomic E-state index is 0.0488. The smallest absolute Gasteiger partial charge is 0.338 e. The van der Waals surface area contributed by atoms with Crippen LogP contribution in [0.5, 0.6) is 0 Å². The van der Waals surface area contributed by atoms with Crippen molar-refractivity contribution in [3.63, 3.8) is 0 Å². The van der Waals surface area contributed by atoms with E-state index in [4.69, 9.17) is 4.74 Å². The van der Waals surface area contributed by atoms with Crippen LogP contribution in [0.1, 0.15) is 34.8 Å². The molecule has 0 bridgehead atoms. The predicted molar refractivity (Wildman–Crippen MR) is 131 cm³/mol. The zero-order valence-corrected chi connectivity index (χ0v) is 20.2. The molecule has 1 amide bonds. The highest BCUT2D eigenvalue weighted by Gasteiger charge is 2.25. The quantitative estimate of drug-likeness (QED) is 0.466. The van der Waals surface area contributed by atoms with Crippen LogP contribution in [0.4, 0.5) is 5.69 Å². The summed E-state index contributed by atoms with van der Waals surface area (Å²) in [5.41, 5.74) is 2.48. The number of nitrogens with one attached hydrogen (secondary N) is 1. The molecule has 0 radical (unpaired) electrons. The van der Waals surface area contributed by atoms with Crippen molar-refractivity contribution in [1.82, 2.24) is 5.32 Å². The summed E-state index contributed by atoms with van der Waals surface area (Å²) in [4.78, 5) is 25.2. The number of anilines is 1. The fourth-order valence-corrected chi connectivity index (χ4v) is 4.50. The van der Waals surface area contributed by atoms with E-state index in [1.807, 2.05) is 49.4 Å². The first-order chi connectivity index (χ1) is 16.2. The molecule has 3 rings (SSSR count). The second kappa shape index (κ2) is 11.0. The Balaban J connectivity index is 1.71. The van der Waals surface area contributed by atoms with Crippen molar-refractivity contribution in [3.05, 3.63) is 95.6 Å². The molecule has 1 N–H and O–H groups in total. The Morgan fingerprint density at radius 2 is 1.65 bits per heavy atom. The maximum atomic E-state index is 13.1. The normalized spacial score (nSPS) is 12.0. The van der Waals surface area contributed by atoms with Crippen molar-refractivity contribution in [2.24, 2.45) is 0 Å². The van der Waals surface area contributed by atoms with Crippen LogP contribution >= 0.6 is 0 Å². The third-order valence-corrected chi connectivity index (χ3v) is 7.13. The van der Waals surface area contributed by atoms with Crippen molar-refractivity contribution >= 4 is 27.6 Å². The Bertz CT molecular complexity index is 1240. The van der Waals surface area contributed by atoms with Crippen LogP contribution in [-0.4, -0.2) is 33.4 Å². The Kier molecular flexibility index (Phi) is 8.07. The fraction of sp³-hybridized carbons (Fsp3) is 0.231. The van der Waals surface area contributed by atoms with Crippen molar-refractivity contribution in [2.75, 3.05) is 11.4 Å². The Morgan fingerprint density at radius 1 is 0.971 bits per heavy atom. The van der Waals surface area contributed by atoms with Gasteiger partial charge < -0.3 is 10.1 Å². The van der Waals surface area contributed by atoms with E-state index in [9.17, 15) is 18.0 Å². The molecule has 3 aromatic rings. The number of amides is 1. The zero-order valence-electron chi connectivity index (χ0n) is 19.4. The number of hydrogen-bond acceptors (Lipinski definition) is 5. The topological polar surface area (TPSA) is 92.8 Å². The number of rotatable bonds is 9. The van der Waals surface area contributed by atoms with E-state index < -0.39 is 28.0 Å². The van der Waals surface area contributed by atoms with E-state index in [1.54, 1.807) is 19.1 Å². The third-order valence-electron chi connectivity index (χ3n) is 5.35. The van der Waals surface area contributed by atoms with Gasteiger partial charge in [-0.25, -0.2) is 13.2 Å². The Morgan fingerprint density at radius 3 is 2.29 bits per heavy atom. The maximum Gasteiger partial charge on any atom is 0.338 e. The molecule has 34 heavy (non-hydrogen) atoms. The molecule has 7 nitrogen and oxygen atoms in total. The number of sulfonamides is 1. The molecule has 178 valence electrons. The molecule has 0 aliphatic carbocycles. The minimum atomic E-state index is -3.90. The molecule has 0 aliphatic heterocycles. The molecule has 0 saturated heterocycles. The van der Waals surface area contributed by atoms with E-state index in [2.05, 4.69) is 5.32 Å². The average molecular weight is 481 g/mol. The third kappa shape index (κ3) is 6.02. The number of carbonyl (C=O) groups is 2. The zero-order chi connectivity index (χ0) is 24.7. The van der Waals surface area contributed by atoms with Gasteiger partial charge >= 0.3 is 5.97 Å². The van der Waals surface area contributed by atoms with Crippen LogP contribution in [-0.2, 0) is 26.1 Å². The molecule has 0 aliphatic rings. The summed E-state index contributed by atoms with van der Waals surface area (Å²) in [5.74, 6) is -1.18. The van der Waals surface area contributed by atoms with Crippen molar-refractivity contribution in [3.8, 4) is 0 Å². The minimum Gasteiger partial charge on any atom is -0.449 e. The van der Waals surface area contributed by atoms with E-state index in [1.165, 1.54) is 31.3 Å². The SMILES string of the molecule is CCC(OC(=O)c1cccc(S(=O)(=O)N(C)c2ccc(C)cc2)c1)C(=O)NCc1ccccc1. The lowest BCUT2D eigenvalue weighted by atomic mass is 10.2. The van der Waals surface area contributed by atoms with Crippen LogP contribution in [0, 0.1) is 6.92 Å². The molecule has 1 unspecified atom stereocenters. The molecule has 1 atom stereocenters. The standard InChI is InChI=1S/C26H28N2O5S/c1-4-24(25(29)27-18-20-9-6-5-7-10-20)33-26(30)21-11-8-12-23(17-21)34(31,32)28(3)22-15-13-19(2)14-16-22/h5-17,24H,4,18H2,1-3H3,(H,27,29). The van der Waals surface area contributed by atoms with E-state index >= 15 is 0 Å². The molecule has 0 fully saturated rings. The van der Waals surface area contributed by atoms with Gasteiger partial charge in [-0.3, -0.25) is 9.10 Å². The lowest BCUT2D eigenvalue weighted by molar-refractivity contribution is -0.130. The molecule has 0 saturated carbocycles. The van der Waals surface area contributed by atoms with Gasteiger partial charge in [0.1, 0.15) is 0 Å². The van der Waals surface area contributed by atoms with Crippen LogP contribution in [0.25, 0.3) is 0 Å². The van der Waals surface area contributed by atoms with Gasteiger partial charge in [0.25, 0.3) is 15.9 Å². The largest absolute Gasteiger partial charge is 0.449 e. The number of carbonyl (C=O) groups excluding carboxylic acids is 2. The monoisotopic (exact) mass is 480 g/mol. The van der Waals surface area contributed by atoms with Gasteiger partial charge in [-0.15, -0.1) is 0 Å². The maximum absolute atomic E-state index is 13.1. The first kappa shape index (κ1) is 25.0. The Labute approximate surface area is 200 Å². The summed E-state index contributed by atoms with van der Waals surface area (Å²) in [6.07, 6.45) is -0.716. The van der Waals surface area contributed by atoms with Crippen molar-refractivity contribution in [1.29, 1.82) is 0 Å². The first-order valence-corrected chi connectivity index (χ1v) is 12.3. The fourth-order valence-electron chi connectivity index (χ4n) is 3.25. The Hall–Kier alpha value is -3.65. The van der Waals surface area contributed by atoms with Crippen LogP contribution in [0.3, 0.4) is 0 Å². The number of ether oxygens (including phenoxy) is 1. The van der Waals surface area contributed by atoms with Gasteiger partial charge in [0, 0.05) is 13.6 Å². The summed E-state index contributed by atoms with van der Waals surface area (Å²) in [5, 5.41) is 2.76. The second-order valence-corrected chi connectivity index (χ2v) is 9.81. The van der Waals surface area contributed by atoms with Gasteiger partial charge in [0.05, 0.1) is 16.1 Å². The van der Waals surface area contributed by atoms with Crippen LogP contribution in [0.2, 0.25) is 0 Å². The summed E-state index contributed by atoms with van der Waals surface area (Å²) in [6.45, 7) is 3.96. The van der Waals surface area contributed by atoms with E-state index in [0.717, 1.165) is 15.4 Å². The van der Waals surface area contributed by atoms with E-state index in [0.29, 0.717) is 12.2 Å².